The van der Waals surface area contributed by atoms with Gasteiger partial charge in [0.2, 0.25) is 0 Å². The van der Waals surface area contributed by atoms with E-state index in [0.29, 0.717) is 6.04 Å². The summed E-state index contributed by atoms with van der Waals surface area (Å²) in [6, 6.07) is 9.54. The number of hydrogen-bond donors (Lipinski definition) is 1. The zero-order valence-electron chi connectivity index (χ0n) is 8.30. The number of halogens is 1. The molecular formula is C12H16IN. The van der Waals surface area contributed by atoms with Crippen LogP contribution in [0.25, 0.3) is 0 Å². The summed E-state index contributed by atoms with van der Waals surface area (Å²) in [5.74, 6) is 0. The van der Waals surface area contributed by atoms with Gasteiger partial charge in [-0.25, -0.2) is 0 Å². The minimum absolute atomic E-state index is 0.710. The maximum absolute atomic E-state index is 3.58. The molecule has 0 aromatic heterocycles. The molecule has 1 saturated heterocycles. The number of hydrogen-bond acceptors (Lipinski definition) is 1. The first kappa shape index (κ1) is 10.4. The van der Waals surface area contributed by atoms with Crippen LogP contribution in [0.15, 0.2) is 24.3 Å². The summed E-state index contributed by atoms with van der Waals surface area (Å²) in [5.41, 5.74) is 1.47. The molecule has 1 heterocycles. The molecule has 1 aliphatic heterocycles. The van der Waals surface area contributed by atoms with Gasteiger partial charge in [0.1, 0.15) is 0 Å². The van der Waals surface area contributed by atoms with Gasteiger partial charge >= 0.3 is 0 Å². The van der Waals surface area contributed by atoms with Gasteiger partial charge in [-0.2, -0.15) is 0 Å². The molecule has 1 aromatic carbocycles. The summed E-state index contributed by atoms with van der Waals surface area (Å²) in [6.07, 6.45) is 5.27. The first-order valence-electron chi connectivity index (χ1n) is 5.32. The summed E-state index contributed by atoms with van der Waals surface area (Å²) in [4.78, 5) is 0. The van der Waals surface area contributed by atoms with Crippen molar-refractivity contribution in [2.24, 2.45) is 0 Å². The molecule has 1 nitrogen and oxygen atoms in total. The van der Waals surface area contributed by atoms with Crippen LogP contribution in [0.5, 0.6) is 0 Å². The first-order valence-corrected chi connectivity index (χ1v) is 6.40. The topological polar surface area (TPSA) is 12.0 Å². The van der Waals surface area contributed by atoms with Crippen LogP contribution in [0, 0.1) is 3.57 Å². The molecule has 0 bridgehead atoms. The van der Waals surface area contributed by atoms with Gasteiger partial charge in [0.25, 0.3) is 0 Å². The Morgan fingerprint density at radius 2 is 2.29 bits per heavy atom. The van der Waals surface area contributed by atoms with Crippen molar-refractivity contribution in [3.8, 4) is 0 Å². The molecule has 0 amide bonds. The van der Waals surface area contributed by atoms with Crippen LogP contribution in [0.2, 0.25) is 0 Å². The predicted octanol–water partition coefficient (Wildman–Crippen LogP) is 2.98. The van der Waals surface area contributed by atoms with E-state index in [-0.39, 0.29) is 0 Å². The highest BCUT2D eigenvalue weighted by Crippen LogP contribution is 2.14. The Kier molecular flexibility index (Phi) is 3.81. The number of benzene rings is 1. The van der Waals surface area contributed by atoms with Gasteiger partial charge < -0.3 is 5.32 Å². The minimum Gasteiger partial charge on any atom is -0.314 e. The fourth-order valence-corrected chi connectivity index (χ4v) is 2.65. The Hall–Kier alpha value is -0.0900. The Balaban J connectivity index is 1.95. The maximum Gasteiger partial charge on any atom is 0.0133 e. The third kappa shape index (κ3) is 2.95. The van der Waals surface area contributed by atoms with Crippen LogP contribution in [-0.4, -0.2) is 12.6 Å². The van der Waals surface area contributed by atoms with Crippen molar-refractivity contribution >= 4 is 22.6 Å². The second kappa shape index (κ2) is 5.12. The molecule has 2 heteroatoms. The molecule has 14 heavy (non-hydrogen) atoms. The van der Waals surface area contributed by atoms with E-state index in [1.807, 2.05) is 0 Å². The lowest BCUT2D eigenvalue weighted by Gasteiger charge is -2.23. The van der Waals surface area contributed by atoms with E-state index in [2.05, 4.69) is 52.2 Å². The van der Waals surface area contributed by atoms with Crippen molar-refractivity contribution in [2.45, 2.75) is 31.7 Å². The van der Waals surface area contributed by atoms with Crippen molar-refractivity contribution in [2.75, 3.05) is 6.54 Å². The molecule has 0 aliphatic carbocycles. The molecule has 1 fully saturated rings. The molecule has 1 aromatic rings. The average molecular weight is 301 g/mol. The molecule has 0 unspecified atom stereocenters. The van der Waals surface area contributed by atoms with E-state index in [4.69, 9.17) is 0 Å². The summed E-state index contributed by atoms with van der Waals surface area (Å²) >= 11 is 2.38. The third-order valence-electron chi connectivity index (χ3n) is 2.78. The molecular weight excluding hydrogens is 285 g/mol. The van der Waals surface area contributed by atoms with Crippen LogP contribution in [0.1, 0.15) is 24.8 Å². The zero-order chi connectivity index (χ0) is 9.80. The van der Waals surface area contributed by atoms with E-state index in [0.717, 1.165) is 0 Å². The van der Waals surface area contributed by atoms with E-state index in [1.54, 1.807) is 0 Å². The highest BCUT2D eigenvalue weighted by Gasteiger charge is 2.12. The summed E-state index contributed by atoms with van der Waals surface area (Å²) in [5, 5.41) is 3.58. The third-order valence-corrected chi connectivity index (χ3v) is 3.45. The van der Waals surface area contributed by atoms with Crippen LogP contribution in [0.3, 0.4) is 0 Å². The predicted molar refractivity (Wildman–Crippen MR) is 68.5 cm³/mol. The SMILES string of the molecule is Ic1cccc(C[C@H]2CCCCN2)c1. The Morgan fingerprint density at radius 1 is 1.36 bits per heavy atom. The van der Waals surface area contributed by atoms with Gasteiger partial charge in [-0.05, 0) is 66.1 Å². The standard InChI is InChI=1S/C12H16IN/c13-11-5-3-4-10(8-11)9-12-6-1-2-7-14-12/h3-5,8,12,14H,1-2,6-7,9H2/t12-/m1/s1. The van der Waals surface area contributed by atoms with Crippen LogP contribution >= 0.6 is 22.6 Å². The van der Waals surface area contributed by atoms with Crippen molar-refractivity contribution in [1.29, 1.82) is 0 Å². The normalized spacial score (nSPS) is 22.2. The Morgan fingerprint density at radius 3 is 3.00 bits per heavy atom. The van der Waals surface area contributed by atoms with Gasteiger partial charge in [0, 0.05) is 9.61 Å². The average Bonchev–Trinajstić information content (AvgIpc) is 2.19. The number of rotatable bonds is 2. The van der Waals surface area contributed by atoms with E-state index in [1.165, 1.54) is 41.4 Å². The highest BCUT2D eigenvalue weighted by molar-refractivity contribution is 14.1. The van der Waals surface area contributed by atoms with Crippen molar-refractivity contribution in [1.82, 2.24) is 5.32 Å². The van der Waals surface area contributed by atoms with E-state index in [9.17, 15) is 0 Å². The van der Waals surface area contributed by atoms with Crippen molar-refractivity contribution < 1.29 is 0 Å². The first-order chi connectivity index (χ1) is 6.84. The lowest BCUT2D eigenvalue weighted by atomic mass is 9.98. The molecule has 0 saturated carbocycles. The molecule has 2 rings (SSSR count). The van der Waals surface area contributed by atoms with Gasteiger partial charge in [-0.15, -0.1) is 0 Å². The van der Waals surface area contributed by atoms with Crippen molar-refractivity contribution in [3.63, 3.8) is 0 Å². The fourth-order valence-electron chi connectivity index (χ4n) is 2.05. The summed E-state index contributed by atoms with van der Waals surface area (Å²) < 4.78 is 1.34. The molecule has 1 N–H and O–H groups in total. The Labute approximate surface area is 99.4 Å². The monoisotopic (exact) mass is 301 g/mol. The van der Waals surface area contributed by atoms with Gasteiger partial charge in [0.05, 0.1) is 0 Å². The largest absolute Gasteiger partial charge is 0.314 e. The van der Waals surface area contributed by atoms with E-state index < -0.39 is 0 Å². The zero-order valence-corrected chi connectivity index (χ0v) is 10.5. The number of piperidine rings is 1. The molecule has 0 spiro atoms. The quantitative estimate of drug-likeness (QED) is 0.828. The summed E-state index contributed by atoms with van der Waals surface area (Å²) in [7, 11) is 0. The Bertz CT molecular complexity index is 292. The molecule has 0 radical (unpaired) electrons. The number of nitrogens with one attached hydrogen (secondary N) is 1. The minimum atomic E-state index is 0.710. The van der Waals surface area contributed by atoms with Gasteiger partial charge in [-0.1, -0.05) is 18.6 Å². The van der Waals surface area contributed by atoms with E-state index >= 15 is 0 Å². The molecule has 1 atom stereocenters. The maximum atomic E-state index is 3.58. The van der Waals surface area contributed by atoms with Crippen LogP contribution in [-0.2, 0) is 6.42 Å². The van der Waals surface area contributed by atoms with Gasteiger partial charge in [-0.3, -0.25) is 0 Å². The molecule has 76 valence electrons. The van der Waals surface area contributed by atoms with Gasteiger partial charge in [0.15, 0.2) is 0 Å². The second-order valence-electron chi connectivity index (χ2n) is 3.98. The van der Waals surface area contributed by atoms with Crippen LogP contribution in [0.4, 0.5) is 0 Å². The lowest BCUT2D eigenvalue weighted by molar-refractivity contribution is 0.399. The summed E-state index contributed by atoms with van der Waals surface area (Å²) in [6.45, 7) is 1.20. The van der Waals surface area contributed by atoms with Crippen LogP contribution < -0.4 is 5.32 Å². The fraction of sp³-hybridized carbons (Fsp3) is 0.500. The van der Waals surface area contributed by atoms with Crippen molar-refractivity contribution in [3.05, 3.63) is 33.4 Å². The second-order valence-corrected chi connectivity index (χ2v) is 5.23. The smallest absolute Gasteiger partial charge is 0.0133 e. The molecule has 1 aliphatic rings. The lowest BCUT2D eigenvalue weighted by Crippen LogP contribution is -2.35. The highest BCUT2D eigenvalue weighted by atomic mass is 127.